The molecule has 0 aromatic heterocycles. The van der Waals surface area contributed by atoms with Gasteiger partial charge in [-0.2, -0.15) is 0 Å². The molecule has 4 nitrogen and oxygen atoms in total. The van der Waals surface area contributed by atoms with Gasteiger partial charge in [-0.3, -0.25) is 10.2 Å². The molecule has 1 aliphatic carbocycles. The maximum Gasteiger partial charge on any atom is 0.241 e. The molecule has 3 N–H and O–H groups in total. The minimum Gasteiger partial charge on any atom is -0.329 e. The number of rotatable bonds is 3. The highest BCUT2D eigenvalue weighted by molar-refractivity contribution is 5.83. The fraction of sp³-hybridized carbons (Fsp3) is 0.923. The summed E-state index contributed by atoms with van der Waals surface area (Å²) in [5, 5.41) is 2.14. The van der Waals surface area contributed by atoms with E-state index in [1.54, 1.807) is 0 Å². The molecule has 1 saturated carbocycles. The van der Waals surface area contributed by atoms with Crippen molar-refractivity contribution in [2.75, 3.05) is 6.54 Å². The minimum atomic E-state index is -0.267. The van der Waals surface area contributed by atoms with Crippen LogP contribution in [0.2, 0.25) is 0 Å². The van der Waals surface area contributed by atoms with Gasteiger partial charge in [-0.05, 0) is 39.5 Å². The van der Waals surface area contributed by atoms with Crippen LogP contribution in [-0.4, -0.2) is 29.5 Å². The summed E-state index contributed by atoms with van der Waals surface area (Å²) in [7, 11) is 0. The van der Waals surface area contributed by atoms with E-state index < -0.39 is 0 Å². The molecule has 17 heavy (non-hydrogen) atoms. The van der Waals surface area contributed by atoms with Gasteiger partial charge in [-0.25, -0.2) is 5.01 Å². The number of hydrazine groups is 1. The molecule has 2 rings (SSSR count). The molecule has 1 heterocycles. The van der Waals surface area contributed by atoms with E-state index in [9.17, 15) is 4.79 Å². The average molecular weight is 239 g/mol. The Kier molecular flexibility index (Phi) is 3.73. The van der Waals surface area contributed by atoms with E-state index >= 15 is 0 Å². The lowest BCUT2D eigenvalue weighted by molar-refractivity contribution is -0.144. The second-order valence-corrected chi connectivity index (χ2v) is 5.82. The Bertz CT molecular complexity index is 273. The summed E-state index contributed by atoms with van der Waals surface area (Å²) in [4.78, 5) is 12.3. The van der Waals surface area contributed by atoms with Gasteiger partial charge in [0, 0.05) is 18.6 Å². The fourth-order valence-corrected chi connectivity index (χ4v) is 3.00. The van der Waals surface area contributed by atoms with Gasteiger partial charge >= 0.3 is 0 Å². The molecule has 1 saturated heterocycles. The normalized spacial score (nSPS) is 32.9. The van der Waals surface area contributed by atoms with Gasteiger partial charge in [0.15, 0.2) is 0 Å². The highest BCUT2D eigenvalue weighted by atomic mass is 16.2. The average Bonchev–Trinajstić information content (AvgIpc) is 2.23. The van der Waals surface area contributed by atoms with E-state index in [1.807, 2.05) is 0 Å². The molecule has 0 spiro atoms. The molecule has 4 heteroatoms. The van der Waals surface area contributed by atoms with Crippen LogP contribution in [0, 0.1) is 5.41 Å². The van der Waals surface area contributed by atoms with Crippen molar-refractivity contribution >= 4 is 5.91 Å². The van der Waals surface area contributed by atoms with Crippen molar-refractivity contribution in [3.63, 3.8) is 0 Å². The number of carbonyl (C=O) groups excluding carboxylic acids is 1. The molecule has 2 aliphatic rings. The number of nitrogens with two attached hydrogens (primary N) is 1. The minimum absolute atomic E-state index is 0.145. The summed E-state index contributed by atoms with van der Waals surface area (Å²) >= 11 is 0. The largest absolute Gasteiger partial charge is 0.329 e. The zero-order chi connectivity index (χ0) is 12.5. The number of nitrogens with one attached hydrogen (secondary N) is 1. The van der Waals surface area contributed by atoms with Crippen LogP contribution in [0.3, 0.4) is 0 Å². The molecule has 98 valence electrons. The van der Waals surface area contributed by atoms with Crippen LogP contribution in [-0.2, 0) is 4.79 Å². The first-order valence-corrected chi connectivity index (χ1v) is 6.88. The highest BCUT2D eigenvalue weighted by Crippen LogP contribution is 2.40. The molecule has 0 radical (unpaired) electrons. The van der Waals surface area contributed by atoms with Gasteiger partial charge < -0.3 is 5.73 Å². The van der Waals surface area contributed by atoms with Gasteiger partial charge in [0.05, 0.1) is 5.41 Å². The Morgan fingerprint density at radius 2 is 1.88 bits per heavy atom. The van der Waals surface area contributed by atoms with Gasteiger partial charge in [0.1, 0.15) is 0 Å². The van der Waals surface area contributed by atoms with E-state index in [0.29, 0.717) is 18.6 Å². The van der Waals surface area contributed by atoms with Gasteiger partial charge in [-0.15, -0.1) is 0 Å². The summed E-state index contributed by atoms with van der Waals surface area (Å²) in [6.45, 7) is 4.85. The summed E-state index contributed by atoms with van der Waals surface area (Å²) in [6, 6.07) is 0.884. The maximum absolute atomic E-state index is 12.3. The van der Waals surface area contributed by atoms with Crippen molar-refractivity contribution in [1.82, 2.24) is 10.4 Å². The predicted octanol–water partition coefficient (Wildman–Crippen LogP) is 1.41. The monoisotopic (exact) mass is 239 g/mol. The van der Waals surface area contributed by atoms with E-state index in [4.69, 9.17) is 5.73 Å². The molecule has 1 amide bonds. The number of hydrogen-bond acceptors (Lipinski definition) is 3. The smallest absolute Gasteiger partial charge is 0.241 e. The van der Waals surface area contributed by atoms with E-state index in [1.165, 1.54) is 19.3 Å². The second-order valence-electron chi connectivity index (χ2n) is 5.82. The third-order valence-corrected chi connectivity index (χ3v) is 4.61. The molecule has 0 aromatic carbocycles. The molecule has 2 atom stereocenters. The number of piperidine rings is 1. The molecule has 0 aromatic rings. The van der Waals surface area contributed by atoms with Gasteiger partial charge in [0.2, 0.25) is 5.91 Å². The lowest BCUT2D eigenvalue weighted by Gasteiger charge is -2.44. The van der Waals surface area contributed by atoms with E-state index in [2.05, 4.69) is 24.3 Å². The van der Waals surface area contributed by atoms with Crippen LogP contribution in [0.15, 0.2) is 0 Å². The van der Waals surface area contributed by atoms with Crippen molar-refractivity contribution in [2.24, 2.45) is 11.1 Å². The number of amides is 1. The highest BCUT2D eigenvalue weighted by Gasteiger charge is 2.44. The predicted molar refractivity (Wildman–Crippen MR) is 68.1 cm³/mol. The Balaban J connectivity index is 1.97. The molecular weight excluding hydrogens is 214 g/mol. The van der Waals surface area contributed by atoms with Gasteiger partial charge in [0.25, 0.3) is 0 Å². The summed E-state index contributed by atoms with van der Waals surface area (Å²) in [5.41, 5.74) is 8.62. The third-order valence-electron chi connectivity index (χ3n) is 4.61. The van der Waals surface area contributed by atoms with Crippen LogP contribution < -0.4 is 11.2 Å². The topological polar surface area (TPSA) is 58.4 Å². The maximum atomic E-state index is 12.3. The lowest BCUT2D eigenvalue weighted by atomic mass is 9.68. The first-order chi connectivity index (χ1) is 8.09. The van der Waals surface area contributed by atoms with Crippen LogP contribution in [0.1, 0.15) is 52.4 Å². The third kappa shape index (κ3) is 2.33. The van der Waals surface area contributed by atoms with Crippen LogP contribution >= 0.6 is 0 Å². The Morgan fingerprint density at radius 3 is 2.29 bits per heavy atom. The standard InChI is InChI=1S/C13H25N3O/c1-10-5-3-6-11(2)16(10)15-12(17)13(9-14)7-4-8-13/h10-11H,3-9,14H2,1-2H3,(H,15,17). The Labute approximate surface area is 104 Å². The van der Waals surface area contributed by atoms with Crippen LogP contribution in [0.25, 0.3) is 0 Å². The fourth-order valence-electron chi connectivity index (χ4n) is 3.00. The van der Waals surface area contributed by atoms with Gasteiger partial charge in [-0.1, -0.05) is 12.8 Å². The van der Waals surface area contributed by atoms with Crippen molar-refractivity contribution in [3.8, 4) is 0 Å². The molecule has 1 aliphatic heterocycles. The quantitative estimate of drug-likeness (QED) is 0.783. The first-order valence-electron chi connectivity index (χ1n) is 6.88. The van der Waals surface area contributed by atoms with Crippen LogP contribution in [0.5, 0.6) is 0 Å². The molecule has 0 bridgehead atoms. The molecule has 2 unspecified atom stereocenters. The van der Waals surface area contributed by atoms with Crippen molar-refractivity contribution in [2.45, 2.75) is 64.5 Å². The van der Waals surface area contributed by atoms with Crippen molar-refractivity contribution in [1.29, 1.82) is 0 Å². The number of carbonyl (C=O) groups is 1. The number of nitrogens with zero attached hydrogens (tertiary/aromatic N) is 1. The van der Waals surface area contributed by atoms with Crippen LogP contribution in [0.4, 0.5) is 0 Å². The Hall–Kier alpha value is -0.610. The first kappa shape index (κ1) is 12.8. The lowest BCUT2D eigenvalue weighted by Crippen LogP contribution is -2.60. The summed E-state index contributed by atoms with van der Waals surface area (Å²) in [5.74, 6) is 0.145. The SMILES string of the molecule is CC1CCCC(C)N1NC(=O)C1(CN)CCC1. The Morgan fingerprint density at radius 1 is 1.29 bits per heavy atom. The second kappa shape index (κ2) is 4.94. The van der Waals surface area contributed by atoms with Crippen molar-refractivity contribution < 1.29 is 4.79 Å². The van der Waals surface area contributed by atoms with Crippen molar-refractivity contribution in [3.05, 3.63) is 0 Å². The summed E-state index contributed by atoms with van der Waals surface area (Å²) < 4.78 is 0. The zero-order valence-corrected chi connectivity index (χ0v) is 11.0. The zero-order valence-electron chi connectivity index (χ0n) is 11.0. The molecular formula is C13H25N3O. The summed E-state index contributed by atoms with van der Waals surface area (Å²) in [6.07, 6.45) is 6.63. The van der Waals surface area contributed by atoms with E-state index in [-0.39, 0.29) is 11.3 Å². The van der Waals surface area contributed by atoms with E-state index in [0.717, 1.165) is 19.3 Å². The number of hydrogen-bond donors (Lipinski definition) is 2. The molecule has 2 fully saturated rings.